The Bertz CT molecular complexity index is 357. The molecule has 0 radical (unpaired) electrons. The molecular weight excluding hydrogens is 181 g/mol. The predicted molar refractivity (Wildman–Crippen MR) is 51.1 cm³/mol. The van der Waals surface area contributed by atoms with Gasteiger partial charge in [-0.05, 0) is 31.0 Å². The second-order valence-corrected chi connectivity index (χ2v) is 2.97. The van der Waals surface area contributed by atoms with E-state index in [-0.39, 0.29) is 5.82 Å². The fourth-order valence-corrected chi connectivity index (χ4v) is 1.15. The van der Waals surface area contributed by atoms with Gasteiger partial charge in [-0.1, -0.05) is 12.1 Å². The van der Waals surface area contributed by atoms with E-state index in [9.17, 15) is 4.39 Å². The monoisotopic (exact) mass is 193 g/mol. The van der Waals surface area contributed by atoms with Crippen LogP contribution in [0.3, 0.4) is 0 Å². The highest BCUT2D eigenvalue weighted by atomic mass is 19.1. The summed E-state index contributed by atoms with van der Waals surface area (Å²) in [4.78, 5) is 0. The molecular formula is C11H12FNO. The van der Waals surface area contributed by atoms with Gasteiger partial charge in [0, 0.05) is 6.61 Å². The summed E-state index contributed by atoms with van der Waals surface area (Å²) in [6.45, 7) is 3.92. The molecule has 14 heavy (non-hydrogen) atoms. The normalized spacial score (nSPS) is 12.1. The molecule has 3 heteroatoms. The molecule has 0 amide bonds. The number of halogens is 1. The average molecular weight is 193 g/mol. The third kappa shape index (κ3) is 2.30. The Morgan fingerprint density at radius 2 is 2.29 bits per heavy atom. The van der Waals surface area contributed by atoms with Crippen molar-refractivity contribution < 1.29 is 9.13 Å². The van der Waals surface area contributed by atoms with E-state index in [4.69, 9.17) is 10.00 Å². The van der Waals surface area contributed by atoms with Crippen LogP contribution in [0.1, 0.15) is 24.2 Å². The van der Waals surface area contributed by atoms with E-state index in [2.05, 4.69) is 0 Å². The Hall–Kier alpha value is -1.40. The number of hydrogen-bond acceptors (Lipinski definition) is 2. The summed E-state index contributed by atoms with van der Waals surface area (Å²) < 4.78 is 18.3. The molecule has 0 aliphatic heterocycles. The zero-order chi connectivity index (χ0) is 10.6. The fourth-order valence-electron chi connectivity index (χ4n) is 1.15. The molecule has 1 unspecified atom stereocenters. The maximum absolute atomic E-state index is 13.2. The van der Waals surface area contributed by atoms with Crippen molar-refractivity contribution in [2.45, 2.75) is 20.0 Å². The smallest absolute Gasteiger partial charge is 0.169 e. The van der Waals surface area contributed by atoms with E-state index in [1.54, 1.807) is 26.0 Å². The molecule has 0 bridgehead atoms. The van der Waals surface area contributed by atoms with E-state index in [0.717, 1.165) is 0 Å². The van der Waals surface area contributed by atoms with Gasteiger partial charge in [0.25, 0.3) is 0 Å². The zero-order valence-electron chi connectivity index (χ0n) is 8.25. The Balaban J connectivity index is 2.95. The number of ether oxygens (including phenoxy) is 1. The summed E-state index contributed by atoms with van der Waals surface area (Å²) >= 11 is 0. The summed E-state index contributed by atoms with van der Waals surface area (Å²) in [5, 5.41) is 8.77. The van der Waals surface area contributed by atoms with Crippen LogP contribution >= 0.6 is 0 Å². The average Bonchev–Trinajstić information content (AvgIpc) is 2.19. The van der Waals surface area contributed by atoms with Crippen LogP contribution in [0.5, 0.6) is 0 Å². The molecule has 0 saturated heterocycles. The van der Waals surface area contributed by atoms with Crippen molar-refractivity contribution in [1.29, 1.82) is 5.26 Å². The first-order valence-electron chi connectivity index (χ1n) is 4.46. The summed E-state index contributed by atoms with van der Waals surface area (Å²) in [5.74, 6) is -0.303. The predicted octanol–water partition coefficient (Wildman–Crippen LogP) is 2.74. The highest BCUT2D eigenvalue weighted by Crippen LogP contribution is 2.19. The van der Waals surface area contributed by atoms with Gasteiger partial charge in [0.2, 0.25) is 0 Å². The Morgan fingerprint density at radius 1 is 1.57 bits per heavy atom. The first-order chi connectivity index (χ1) is 6.69. The molecule has 1 aromatic carbocycles. The number of nitrogens with zero attached hydrogens (tertiary/aromatic N) is 1. The second-order valence-electron chi connectivity index (χ2n) is 2.97. The van der Waals surface area contributed by atoms with Crippen molar-refractivity contribution in [2.75, 3.05) is 6.61 Å². The highest BCUT2D eigenvalue weighted by molar-refractivity contribution is 5.27. The molecule has 0 aliphatic rings. The molecule has 0 N–H and O–H groups in total. The minimum absolute atomic E-state index is 0.303. The second kappa shape index (κ2) is 4.73. The number of benzene rings is 1. The largest absolute Gasteiger partial charge is 0.359 e. The summed E-state index contributed by atoms with van der Waals surface area (Å²) in [7, 11) is 0. The molecule has 0 aliphatic carbocycles. The van der Waals surface area contributed by atoms with Gasteiger partial charge >= 0.3 is 0 Å². The standard InChI is InChI=1S/C11H12FNO/c1-3-14-11(7-13)9-5-4-8(2)10(12)6-9/h4-6,11H,3H2,1-2H3. The van der Waals surface area contributed by atoms with Gasteiger partial charge in [-0.2, -0.15) is 5.26 Å². The first kappa shape index (κ1) is 10.7. The molecule has 0 spiro atoms. The molecule has 0 heterocycles. The summed E-state index contributed by atoms with van der Waals surface area (Å²) in [5.41, 5.74) is 1.14. The molecule has 0 saturated carbocycles. The van der Waals surface area contributed by atoms with Gasteiger partial charge < -0.3 is 4.74 Å². The van der Waals surface area contributed by atoms with Crippen LogP contribution in [-0.2, 0) is 4.74 Å². The van der Waals surface area contributed by atoms with Crippen molar-refractivity contribution >= 4 is 0 Å². The number of nitriles is 1. The lowest BCUT2D eigenvalue weighted by molar-refractivity contribution is 0.102. The van der Waals surface area contributed by atoms with Gasteiger partial charge in [-0.3, -0.25) is 0 Å². The zero-order valence-corrected chi connectivity index (χ0v) is 8.25. The Morgan fingerprint density at radius 3 is 2.79 bits per heavy atom. The Labute approximate surface area is 82.9 Å². The minimum atomic E-state index is -0.671. The topological polar surface area (TPSA) is 33.0 Å². The van der Waals surface area contributed by atoms with E-state index < -0.39 is 6.10 Å². The van der Waals surface area contributed by atoms with Gasteiger partial charge in [-0.15, -0.1) is 0 Å². The van der Waals surface area contributed by atoms with Gasteiger partial charge in [0.1, 0.15) is 5.82 Å². The van der Waals surface area contributed by atoms with Crippen LogP contribution in [0.25, 0.3) is 0 Å². The maximum atomic E-state index is 13.2. The van der Waals surface area contributed by atoms with Gasteiger partial charge in [0.15, 0.2) is 6.10 Å². The fraction of sp³-hybridized carbons (Fsp3) is 0.364. The van der Waals surface area contributed by atoms with Crippen molar-refractivity contribution in [1.82, 2.24) is 0 Å². The van der Waals surface area contributed by atoms with Crippen molar-refractivity contribution in [3.8, 4) is 6.07 Å². The summed E-state index contributed by atoms with van der Waals surface area (Å²) in [6.07, 6.45) is -0.671. The maximum Gasteiger partial charge on any atom is 0.169 e. The molecule has 74 valence electrons. The van der Waals surface area contributed by atoms with Crippen LogP contribution in [0.15, 0.2) is 18.2 Å². The first-order valence-corrected chi connectivity index (χ1v) is 4.46. The molecule has 1 atom stereocenters. The van der Waals surface area contributed by atoms with Crippen LogP contribution in [0, 0.1) is 24.1 Å². The van der Waals surface area contributed by atoms with E-state index in [1.165, 1.54) is 6.07 Å². The SMILES string of the molecule is CCOC(C#N)c1ccc(C)c(F)c1. The van der Waals surface area contributed by atoms with Gasteiger partial charge in [-0.25, -0.2) is 4.39 Å². The number of hydrogen-bond donors (Lipinski definition) is 0. The van der Waals surface area contributed by atoms with Crippen molar-refractivity contribution in [2.24, 2.45) is 0 Å². The lowest BCUT2D eigenvalue weighted by Gasteiger charge is -2.09. The minimum Gasteiger partial charge on any atom is -0.359 e. The van der Waals surface area contributed by atoms with Crippen LogP contribution in [-0.4, -0.2) is 6.61 Å². The van der Waals surface area contributed by atoms with Crippen LogP contribution in [0.2, 0.25) is 0 Å². The third-order valence-electron chi connectivity index (χ3n) is 1.95. The number of rotatable bonds is 3. The number of aryl methyl sites for hydroxylation is 1. The van der Waals surface area contributed by atoms with Crippen LogP contribution < -0.4 is 0 Å². The van der Waals surface area contributed by atoms with E-state index in [1.807, 2.05) is 6.07 Å². The van der Waals surface area contributed by atoms with E-state index >= 15 is 0 Å². The lowest BCUT2D eigenvalue weighted by atomic mass is 10.1. The van der Waals surface area contributed by atoms with Crippen LogP contribution in [0.4, 0.5) is 4.39 Å². The lowest BCUT2D eigenvalue weighted by Crippen LogP contribution is -2.02. The molecule has 1 rings (SSSR count). The third-order valence-corrected chi connectivity index (χ3v) is 1.95. The quantitative estimate of drug-likeness (QED) is 0.739. The molecule has 0 aromatic heterocycles. The Kier molecular flexibility index (Phi) is 3.61. The van der Waals surface area contributed by atoms with E-state index in [0.29, 0.717) is 17.7 Å². The molecule has 0 fully saturated rings. The summed E-state index contributed by atoms with van der Waals surface area (Å²) in [6, 6.07) is 6.68. The molecule has 2 nitrogen and oxygen atoms in total. The van der Waals surface area contributed by atoms with Crippen molar-refractivity contribution in [3.63, 3.8) is 0 Å². The molecule has 1 aromatic rings. The highest BCUT2D eigenvalue weighted by Gasteiger charge is 2.11. The van der Waals surface area contributed by atoms with Gasteiger partial charge in [0.05, 0.1) is 6.07 Å². The van der Waals surface area contributed by atoms with Crippen molar-refractivity contribution in [3.05, 3.63) is 35.1 Å².